The number of carboxylic acid groups (broad SMARTS) is 1. The number of nitrogens with two attached hydrogens (primary N) is 1. The van der Waals surface area contributed by atoms with Crippen molar-refractivity contribution in [2.75, 3.05) is 0 Å². The number of nitrogens with one attached hydrogen (secondary N) is 3. The second kappa shape index (κ2) is 9.60. The molecule has 8 heteroatoms. The molecule has 1 fully saturated rings. The maximum absolute atomic E-state index is 11.8. The molecule has 0 saturated heterocycles. The summed E-state index contributed by atoms with van der Waals surface area (Å²) >= 11 is 0. The molecule has 5 atom stereocenters. The molecule has 0 aromatic rings. The number of amides is 1. The molecule has 0 bridgehead atoms. The molecule has 1 saturated carbocycles. The Balaban J connectivity index is 3.21. The Morgan fingerprint density at radius 2 is 1.84 bits per heavy atom. The highest BCUT2D eigenvalue weighted by molar-refractivity contribution is 5.76. The van der Waals surface area contributed by atoms with Crippen LogP contribution in [0.4, 0.5) is 0 Å². The lowest BCUT2D eigenvalue weighted by Crippen LogP contribution is -2.55. The maximum atomic E-state index is 11.8. The number of carbonyl (C=O) groups is 2. The molecule has 1 amide bonds. The smallest absolute Gasteiger partial charge is 0.309 e. The highest BCUT2D eigenvalue weighted by Gasteiger charge is 2.50. The van der Waals surface area contributed by atoms with Gasteiger partial charge in [-0.1, -0.05) is 26.7 Å². The first kappa shape index (κ1) is 21.2. The zero-order valence-corrected chi connectivity index (χ0v) is 15.3. The molecular weight excluding hydrogens is 324 g/mol. The summed E-state index contributed by atoms with van der Waals surface area (Å²) in [5.74, 6) is -2.89. The Kier molecular flexibility index (Phi) is 8.15. The summed E-state index contributed by atoms with van der Waals surface area (Å²) in [5.41, 5.74) is 5.45. The Bertz CT molecular complexity index is 479. The molecule has 25 heavy (non-hydrogen) atoms. The number of guanidine groups is 1. The summed E-state index contributed by atoms with van der Waals surface area (Å²) < 4.78 is 0. The standard InChI is InChI=1S/C17H32N4O4/c1-4-6-10(7-5-2)14(20-9(3)22)13-12(21-17(18)19)8-11(15(13)23)16(24)25/h10-15,23H,4-8H2,1-3H3,(H,20,22)(H,24,25)(H4,18,19,21)/t11-,12+,13+,14-,15+/m0/s1. The largest absolute Gasteiger partial charge is 0.481 e. The van der Waals surface area contributed by atoms with Gasteiger partial charge in [0.05, 0.1) is 12.0 Å². The molecule has 0 heterocycles. The molecule has 8 nitrogen and oxygen atoms in total. The van der Waals surface area contributed by atoms with Crippen LogP contribution < -0.4 is 16.4 Å². The summed E-state index contributed by atoms with van der Waals surface area (Å²) in [6.45, 7) is 5.54. The first-order valence-electron chi connectivity index (χ1n) is 9.01. The second-order valence-corrected chi connectivity index (χ2v) is 6.98. The third kappa shape index (κ3) is 5.59. The van der Waals surface area contributed by atoms with Crippen LogP contribution in [0.25, 0.3) is 0 Å². The molecule has 1 aliphatic rings. The molecule has 0 unspecified atom stereocenters. The third-order valence-corrected chi connectivity index (χ3v) is 5.05. The summed E-state index contributed by atoms with van der Waals surface area (Å²) in [4.78, 5) is 23.3. The zero-order valence-electron chi connectivity index (χ0n) is 15.3. The van der Waals surface area contributed by atoms with Gasteiger partial charge in [-0.25, -0.2) is 0 Å². The summed E-state index contributed by atoms with van der Waals surface area (Å²) in [6, 6.07) is -0.838. The highest BCUT2D eigenvalue weighted by Crippen LogP contribution is 2.38. The van der Waals surface area contributed by atoms with Crippen molar-refractivity contribution in [2.24, 2.45) is 23.5 Å². The topological polar surface area (TPSA) is 149 Å². The molecule has 0 aliphatic heterocycles. The van der Waals surface area contributed by atoms with Gasteiger partial charge >= 0.3 is 5.97 Å². The van der Waals surface area contributed by atoms with E-state index in [1.807, 2.05) is 0 Å². The number of carbonyl (C=O) groups excluding carboxylic acids is 1. The van der Waals surface area contributed by atoms with Gasteiger partial charge in [0, 0.05) is 24.9 Å². The Morgan fingerprint density at radius 1 is 1.28 bits per heavy atom. The van der Waals surface area contributed by atoms with E-state index in [4.69, 9.17) is 11.1 Å². The Morgan fingerprint density at radius 3 is 2.24 bits per heavy atom. The second-order valence-electron chi connectivity index (χ2n) is 6.98. The lowest BCUT2D eigenvalue weighted by Gasteiger charge is -2.37. The minimum absolute atomic E-state index is 0.127. The van der Waals surface area contributed by atoms with Gasteiger partial charge < -0.3 is 26.6 Å². The fraction of sp³-hybridized carbons (Fsp3) is 0.824. The monoisotopic (exact) mass is 356 g/mol. The summed E-state index contributed by atoms with van der Waals surface area (Å²) in [7, 11) is 0. The number of aliphatic hydroxyl groups is 1. The van der Waals surface area contributed by atoms with Crippen molar-refractivity contribution in [1.29, 1.82) is 5.41 Å². The average molecular weight is 356 g/mol. The van der Waals surface area contributed by atoms with E-state index in [2.05, 4.69) is 24.5 Å². The van der Waals surface area contributed by atoms with Crippen LogP contribution in [0, 0.1) is 23.2 Å². The molecule has 0 aromatic heterocycles. The normalized spacial score (nSPS) is 27.1. The van der Waals surface area contributed by atoms with Crippen LogP contribution in [0.3, 0.4) is 0 Å². The molecule has 1 aliphatic carbocycles. The van der Waals surface area contributed by atoms with E-state index in [0.29, 0.717) is 0 Å². The Hall–Kier alpha value is -1.83. The lowest BCUT2D eigenvalue weighted by atomic mass is 9.79. The van der Waals surface area contributed by atoms with Crippen molar-refractivity contribution in [3.8, 4) is 0 Å². The van der Waals surface area contributed by atoms with Crippen molar-refractivity contribution < 1.29 is 19.8 Å². The number of carboxylic acids is 1. The van der Waals surface area contributed by atoms with Crippen molar-refractivity contribution in [3.05, 3.63) is 0 Å². The molecule has 0 radical (unpaired) electrons. The molecule has 144 valence electrons. The van der Waals surface area contributed by atoms with Crippen LogP contribution in [0.5, 0.6) is 0 Å². The van der Waals surface area contributed by atoms with E-state index in [9.17, 15) is 19.8 Å². The van der Waals surface area contributed by atoms with E-state index in [0.717, 1.165) is 25.7 Å². The lowest BCUT2D eigenvalue weighted by molar-refractivity contribution is -0.145. The van der Waals surface area contributed by atoms with Gasteiger partial charge in [0.2, 0.25) is 5.91 Å². The van der Waals surface area contributed by atoms with E-state index >= 15 is 0 Å². The fourth-order valence-corrected chi connectivity index (χ4v) is 4.15. The van der Waals surface area contributed by atoms with Gasteiger partial charge in [0.25, 0.3) is 0 Å². The minimum atomic E-state index is -1.11. The predicted octanol–water partition coefficient (Wildman–Crippen LogP) is 0.641. The fourth-order valence-electron chi connectivity index (χ4n) is 4.15. The number of aliphatic carboxylic acids is 1. The molecular formula is C17H32N4O4. The summed E-state index contributed by atoms with van der Waals surface area (Å²) in [5, 5.41) is 33.3. The molecule has 1 rings (SSSR count). The van der Waals surface area contributed by atoms with Crippen LogP contribution in [-0.4, -0.2) is 46.2 Å². The highest BCUT2D eigenvalue weighted by atomic mass is 16.4. The SMILES string of the molecule is CCCC(CCC)[C@H](NC(C)=O)[C@@H]1[C@H](O)[C@@H](C(=O)O)C[C@H]1NC(=N)N. The van der Waals surface area contributed by atoms with Crippen molar-refractivity contribution in [3.63, 3.8) is 0 Å². The maximum Gasteiger partial charge on any atom is 0.309 e. The summed E-state index contributed by atoms with van der Waals surface area (Å²) in [6.07, 6.45) is 2.65. The van der Waals surface area contributed by atoms with Gasteiger partial charge in [0.15, 0.2) is 5.96 Å². The van der Waals surface area contributed by atoms with Gasteiger partial charge in [0.1, 0.15) is 0 Å². The van der Waals surface area contributed by atoms with E-state index in [1.54, 1.807) is 0 Å². The van der Waals surface area contributed by atoms with Crippen LogP contribution in [0.15, 0.2) is 0 Å². The number of rotatable bonds is 9. The van der Waals surface area contributed by atoms with E-state index in [1.165, 1.54) is 6.92 Å². The van der Waals surface area contributed by atoms with Gasteiger partial charge in [-0.2, -0.15) is 0 Å². The van der Waals surface area contributed by atoms with Gasteiger partial charge in [-0.05, 0) is 25.2 Å². The van der Waals surface area contributed by atoms with E-state index < -0.39 is 30.0 Å². The predicted molar refractivity (Wildman–Crippen MR) is 95.0 cm³/mol. The van der Waals surface area contributed by atoms with Crippen LogP contribution in [0.1, 0.15) is 52.9 Å². The third-order valence-electron chi connectivity index (χ3n) is 5.05. The quantitative estimate of drug-likeness (QED) is 0.264. The van der Waals surface area contributed by atoms with E-state index in [-0.39, 0.29) is 30.2 Å². The molecule has 7 N–H and O–H groups in total. The van der Waals surface area contributed by atoms with Crippen molar-refractivity contribution in [1.82, 2.24) is 10.6 Å². The average Bonchev–Trinajstić information content (AvgIpc) is 2.80. The van der Waals surface area contributed by atoms with Gasteiger partial charge in [-0.3, -0.25) is 15.0 Å². The van der Waals surface area contributed by atoms with Crippen LogP contribution in [-0.2, 0) is 9.59 Å². The van der Waals surface area contributed by atoms with Crippen LogP contribution in [0.2, 0.25) is 0 Å². The molecule has 0 spiro atoms. The van der Waals surface area contributed by atoms with Crippen LogP contribution >= 0.6 is 0 Å². The number of hydrogen-bond donors (Lipinski definition) is 6. The first-order chi connectivity index (χ1) is 11.7. The number of aliphatic hydroxyl groups excluding tert-OH is 1. The number of hydrogen-bond acceptors (Lipinski definition) is 4. The zero-order chi connectivity index (χ0) is 19.1. The Labute approximate surface area is 149 Å². The molecule has 0 aromatic carbocycles. The van der Waals surface area contributed by atoms with Crippen molar-refractivity contribution >= 4 is 17.8 Å². The van der Waals surface area contributed by atoms with Gasteiger partial charge in [-0.15, -0.1) is 0 Å². The van der Waals surface area contributed by atoms with Crippen molar-refractivity contribution in [2.45, 2.75) is 71.1 Å². The first-order valence-corrected chi connectivity index (χ1v) is 9.01. The minimum Gasteiger partial charge on any atom is -0.481 e.